The summed E-state index contributed by atoms with van der Waals surface area (Å²) in [5.41, 5.74) is 1.84. The topological polar surface area (TPSA) is 54.0 Å². The van der Waals surface area contributed by atoms with Crippen molar-refractivity contribution in [3.8, 4) is 6.07 Å². The van der Waals surface area contributed by atoms with E-state index in [4.69, 9.17) is 9.68 Å². The standard InChI is InChI=1S/C13H9NO2/c1-9-4-5-12-11(7-9)13(15)10(8-16-12)3-2-6-14/h2-5,7-8H,1H3. The number of nitriles is 1. The van der Waals surface area contributed by atoms with Gasteiger partial charge in [-0.1, -0.05) is 11.6 Å². The van der Waals surface area contributed by atoms with E-state index in [0.29, 0.717) is 16.5 Å². The Balaban J connectivity index is 2.74. The summed E-state index contributed by atoms with van der Waals surface area (Å²) in [5, 5.41) is 8.95. The largest absolute Gasteiger partial charge is 0.463 e. The fraction of sp³-hybridized carbons (Fsp3) is 0.0769. The van der Waals surface area contributed by atoms with E-state index < -0.39 is 0 Å². The molecule has 0 aliphatic heterocycles. The van der Waals surface area contributed by atoms with E-state index in [1.807, 2.05) is 19.1 Å². The zero-order valence-electron chi connectivity index (χ0n) is 8.73. The Hall–Kier alpha value is -2.34. The van der Waals surface area contributed by atoms with Crippen molar-refractivity contribution in [2.24, 2.45) is 0 Å². The van der Waals surface area contributed by atoms with Crippen LogP contribution >= 0.6 is 0 Å². The van der Waals surface area contributed by atoms with E-state index in [1.165, 1.54) is 18.4 Å². The highest BCUT2D eigenvalue weighted by molar-refractivity contribution is 5.79. The van der Waals surface area contributed by atoms with Crippen LogP contribution in [0.3, 0.4) is 0 Å². The Labute approximate surface area is 92.2 Å². The maximum absolute atomic E-state index is 12.0. The average molecular weight is 211 g/mol. The van der Waals surface area contributed by atoms with Gasteiger partial charge < -0.3 is 4.42 Å². The lowest BCUT2D eigenvalue weighted by molar-refractivity contribution is 0.601. The summed E-state index contributed by atoms with van der Waals surface area (Å²) in [7, 11) is 0. The number of hydrogen-bond acceptors (Lipinski definition) is 3. The normalized spacial score (nSPS) is 10.8. The van der Waals surface area contributed by atoms with Crippen molar-refractivity contribution in [1.82, 2.24) is 0 Å². The molecule has 0 saturated heterocycles. The van der Waals surface area contributed by atoms with Gasteiger partial charge in [0.25, 0.3) is 0 Å². The van der Waals surface area contributed by atoms with Crippen molar-refractivity contribution < 1.29 is 4.42 Å². The molecule has 2 aromatic rings. The van der Waals surface area contributed by atoms with Crippen molar-refractivity contribution in [3.63, 3.8) is 0 Å². The molecular weight excluding hydrogens is 202 g/mol. The highest BCUT2D eigenvalue weighted by Gasteiger charge is 2.04. The van der Waals surface area contributed by atoms with Gasteiger partial charge in [0.15, 0.2) is 5.43 Å². The van der Waals surface area contributed by atoms with Gasteiger partial charge in [-0.05, 0) is 25.1 Å². The van der Waals surface area contributed by atoms with Crippen LogP contribution in [0.1, 0.15) is 11.1 Å². The second-order valence-electron chi connectivity index (χ2n) is 3.48. The summed E-state index contributed by atoms with van der Waals surface area (Å²) in [6.45, 7) is 1.91. The van der Waals surface area contributed by atoms with Crippen LogP contribution in [-0.4, -0.2) is 0 Å². The molecule has 1 heterocycles. The zero-order valence-corrected chi connectivity index (χ0v) is 8.73. The van der Waals surface area contributed by atoms with Crippen molar-refractivity contribution in [3.05, 3.63) is 51.9 Å². The number of fused-ring (bicyclic) bond motifs is 1. The molecule has 0 aliphatic rings. The van der Waals surface area contributed by atoms with Gasteiger partial charge in [0.1, 0.15) is 11.8 Å². The molecule has 3 heteroatoms. The minimum Gasteiger partial charge on any atom is -0.463 e. The first-order chi connectivity index (χ1) is 7.72. The van der Waals surface area contributed by atoms with Crippen LogP contribution in [0.25, 0.3) is 17.0 Å². The Morgan fingerprint density at radius 1 is 1.44 bits per heavy atom. The third-order valence-electron chi connectivity index (χ3n) is 2.29. The molecule has 2 rings (SSSR count). The van der Waals surface area contributed by atoms with Crippen LogP contribution in [0.15, 0.2) is 39.7 Å². The number of hydrogen-bond donors (Lipinski definition) is 0. The van der Waals surface area contributed by atoms with Gasteiger partial charge in [-0.15, -0.1) is 0 Å². The van der Waals surface area contributed by atoms with Crippen LogP contribution in [0.5, 0.6) is 0 Å². The Bertz CT molecular complexity index is 660. The molecule has 0 unspecified atom stereocenters. The lowest BCUT2D eigenvalue weighted by Gasteiger charge is -1.99. The molecule has 0 saturated carbocycles. The summed E-state index contributed by atoms with van der Waals surface area (Å²) in [6.07, 6.45) is 4.08. The number of allylic oxidation sites excluding steroid dienone is 1. The predicted octanol–water partition coefficient (Wildman–Crippen LogP) is 2.64. The Morgan fingerprint density at radius 2 is 2.25 bits per heavy atom. The molecule has 0 spiro atoms. The fourth-order valence-corrected chi connectivity index (χ4v) is 1.50. The Morgan fingerprint density at radius 3 is 3.00 bits per heavy atom. The minimum atomic E-state index is -0.114. The number of nitrogens with zero attached hydrogens (tertiary/aromatic N) is 1. The van der Waals surface area contributed by atoms with Crippen molar-refractivity contribution in [1.29, 1.82) is 5.26 Å². The highest BCUT2D eigenvalue weighted by Crippen LogP contribution is 2.13. The molecule has 3 nitrogen and oxygen atoms in total. The molecule has 0 radical (unpaired) electrons. The third kappa shape index (κ3) is 1.73. The first kappa shape index (κ1) is 10.2. The van der Waals surface area contributed by atoms with E-state index in [2.05, 4.69) is 0 Å². The molecule has 0 amide bonds. The first-order valence-electron chi connectivity index (χ1n) is 4.80. The molecule has 0 bridgehead atoms. The summed E-state index contributed by atoms with van der Waals surface area (Å²) in [5.74, 6) is 0. The number of benzene rings is 1. The third-order valence-corrected chi connectivity index (χ3v) is 2.29. The van der Waals surface area contributed by atoms with Crippen LogP contribution in [0.4, 0.5) is 0 Å². The van der Waals surface area contributed by atoms with Gasteiger partial charge in [0.05, 0.1) is 17.0 Å². The summed E-state index contributed by atoms with van der Waals surface area (Å²) >= 11 is 0. The lowest BCUT2D eigenvalue weighted by Crippen LogP contribution is -2.04. The smallest absolute Gasteiger partial charge is 0.199 e. The molecule has 0 atom stereocenters. The van der Waals surface area contributed by atoms with Gasteiger partial charge in [-0.25, -0.2) is 0 Å². The molecule has 78 valence electrons. The van der Waals surface area contributed by atoms with Gasteiger partial charge in [0.2, 0.25) is 0 Å². The molecule has 0 aliphatic carbocycles. The second-order valence-corrected chi connectivity index (χ2v) is 3.48. The number of rotatable bonds is 1. The summed E-state index contributed by atoms with van der Waals surface area (Å²) in [4.78, 5) is 12.0. The van der Waals surface area contributed by atoms with Crippen molar-refractivity contribution in [2.75, 3.05) is 0 Å². The zero-order chi connectivity index (χ0) is 11.5. The van der Waals surface area contributed by atoms with Gasteiger partial charge >= 0.3 is 0 Å². The summed E-state index contributed by atoms with van der Waals surface area (Å²) in [6, 6.07) is 7.28. The Kier molecular flexibility index (Phi) is 2.57. The quantitative estimate of drug-likeness (QED) is 0.681. The van der Waals surface area contributed by atoms with Gasteiger partial charge in [-0.2, -0.15) is 5.26 Å². The average Bonchev–Trinajstić information content (AvgIpc) is 2.29. The van der Waals surface area contributed by atoms with Crippen LogP contribution in [0.2, 0.25) is 0 Å². The maximum Gasteiger partial charge on any atom is 0.199 e. The van der Waals surface area contributed by atoms with Crippen molar-refractivity contribution >= 4 is 17.0 Å². The van der Waals surface area contributed by atoms with E-state index in [-0.39, 0.29) is 5.43 Å². The van der Waals surface area contributed by atoms with E-state index >= 15 is 0 Å². The molecule has 16 heavy (non-hydrogen) atoms. The van der Waals surface area contributed by atoms with E-state index in [9.17, 15) is 4.79 Å². The van der Waals surface area contributed by atoms with E-state index in [0.717, 1.165) is 5.56 Å². The molecule has 0 N–H and O–H groups in total. The number of aryl methyl sites for hydroxylation is 1. The monoisotopic (exact) mass is 211 g/mol. The molecular formula is C13H9NO2. The highest BCUT2D eigenvalue weighted by atomic mass is 16.3. The predicted molar refractivity (Wildman–Crippen MR) is 61.9 cm³/mol. The SMILES string of the molecule is Cc1ccc2occ(C=CC#N)c(=O)c2c1. The minimum absolute atomic E-state index is 0.114. The molecule has 1 aromatic heterocycles. The lowest BCUT2D eigenvalue weighted by atomic mass is 10.1. The molecule has 0 fully saturated rings. The van der Waals surface area contributed by atoms with Crippen LogP contribution in [-0.2, 0) is 0 Å². The van der Waals surface area contributed by atoms with Gasteiger partial charge in [-0.3, -0.25) is 4.79 Å². The fourth-order valence-electron chi connectivity index (χ4n) is 1.50. The maximum atomic E-state index is 12.0. The van der Waals surface area contributed by atoms with Gasteiger partial charge in [0, 0.05) is 6.08 Å². The van der Waals surface area contributed by atoms with Crippen molar-refractivity contribution in [2.45, 2.75) is 6.92 Å². The first-order valence-corrected chi connectivity index (χ1v) is 4.80. The van der Waals surface area contributed by atoms with Crippen LogP contribution < -0.4 is 5.43 Å². The molecule has 1 aromatic carbocycles. The van der Waals surface area contributed by atoms with Crippen LogP contribution in [0, 0.1) is 18.3 Å². The van der Waals surface area contributed by atoms with E-state index in [1.54, 1.807) is 12.1 Å². The second kappa shape index (κ2) is 4.03. The summed E-state index contributed by atoms with van der Waals surface area (Å²) < 4.78 is 5.31.